The zero-order valence-electron chi connectivity index (χ0n) is 10.6. The molecule has 0 aliphatic carbocycles. The fraction of sp³-hybridized carbons (Fsp3) is 0.538. The molecule has 16 heavy (non-hydrogen) atoms. The Kier molecular flexibility index (Phi) is 4.69. The van der Waals surface area contributed by atoms with Gasteiger partial charge in [-0.15, -0.1) is 12.6 Å². The number of hydrogen-bond acceptors (Lipinski definition) is 3. The zero-order chi connectivity index (χ0) is 12.2. The molecule has 1 rings (SSSR count). The predicted octanol–water partition coefficient (Wildman–Crippen LogP) is 2.97. The Bertz CT molecular complexity index is 338. The number of rotatable bonds is 3. The Hall–Kier alpha value is -0.670. The van der Waals surface area contributed by atoms with Gasteiger partial charge in [0.2, 0.25) is 0 Å². The molecule has 0 aromatic heterocycles. The van der Waals surface area contributed by atoms with Crippen molar-refractivity contribution in [3.05, 3.63) is 34.4 Å². The molecule has 0 bridgehead atoms. The summed E-state index contributed by atoms with van der Waals surface area (Å²) >= 11 is 4.25. The summed E-state index contributed by atoms with van der Waals surface area (Å²) < 4.78 is 0. The highest BCUT2D eigenvalue weighted by Gasteiger charge is 2.28. The minimum absolute atomic E-state index is 0.0379. The Morgan fingerprint density at radius 3 is 2.81 bits per heavy atom. The lowest BCUT2D eigenvalue weighted by Crippen LogP contribution is -2.51. The molecule has 1 aliphatic heterocycles. The van der Waals surface area contributed by atoms with E-state index in [1.807, 2.05) is 13.0 Å². The molecule has 0 saturated heterocycles. The van der Waals surface area contributed by atoms with Crippen molar-refractivity contribution in [2.75, 3.05) is 6.67 Å². The Balaban J connectivity index is 2.94. The monoisotopic (exact) mass is 238 g/mol. The third kappa shape index (κ3) is 3.16. The summed E-state index contributed by atoms with van der Waals surface area (Å²) in [6.07, 6.45) is 7.34. The smallest absolute Gasteiger partial charge is 0.0659 e. The van der Waals surface area contributed by atoms with E-state index in [2.05, 4.69) is 56.2 Å². The van der Waals surface area contributed by atoms with Crippen LogP contribution in [0.5, 0.6) is 0 Å². The Morgan fingerprint density at radius 2 is 2.25 bits per heavy atom. The van der Waals surface area contributed by atoms with E-state index in [0.29, 0.717) is 0 Å². The lowest BCUT2D eigenvalue weighted by Gasteiger charge is -2.37. The maximum atomic E-state index is 4.25. The lowest BCUT2D eigenvalue weighted by atomic mass is 9.86. The zero-order valence-corrected chi connectivity index (χ0v) is 11.5. The van der Waals surface area contributed by atoms with Crippen molar-refractivity contribution in [3.8, 4) is 0 Å². The summed E-state index contributed by atoms with van der Waals surface area (Å²) in [6.45, 7) is 9.35. The van der Waals surface area contributed by atoms with E-state index in [9.17, 15) is 0 Å². The maximum absolute atomic E-state index is 4.25. The molecule has 90 valence electrons. The van der Waals surface area contributed by atoms with Crippen LogP contribution in [0.15, 0.2) is 34.4 Å². The largest absolute Gasteiger partial charge is 0.376 e. The Labute approximate surface area is 104 Å². The first-order valence-electron chi connectivity index (χ1n) is 5.74. The SMILES string of the molecule is CCC1=C(C)NCNC1(C)/C=C/C=C(/C)S. The third-order valence-electron chi connectivity index (χ3n) is 3.01. The van der Waals surface area contributed by atoms with Crippen molar-refractivity contribution in [2.24, 2.45) is 0 Å². The summed E-state index contributed by atoms with van der Waals surface area (Å²) in [5, 5.41) is 6.83. The van der Waals surface area contributed by atoms with Crippen molar-refractivity contribution >= 4 is 12.6 Å². The highest BCUT2D eigenvalue weighted by molar-refractivity contribution is 7.84. The Morgan fingerprint density at radius 1 is 1.56 bits per heavy atom. The fourth-order valence-corrected chi connectivity index (χ4v) is 2.22. The van der Waals surface area contributed by atoms with Crippen LogP contribution in [0, 0.1) is 0 Å². The highest BCUT2D eigenvalue weighted by atomic mass is 32.1. The normalized spacial score (nSPS) is 27.4. The second-order valence-electron chi connectivity index (χ2n) is 4.36. The molecule has 2 N–H and O–H groups in total. The molecule has 0 spiro atoms. The van der Waals surface area contributed by atoms with E-state index in [-0.39, 0.29) is 5.54 Å². The van der Waals surface area contributed by atoms with Crippen LogP contribution in [0.25, 0.3) is 0 Å². The van der Waals surface area contributed by atoms with E-state index in [1.54, 1.807) is 0 Å². The molecule has 0 amide bonds. The van der Waals surface area contributed by atoms with Crippen molar-refractivity contribution < 1.29 is 0 Å². The van der Waals surface area contributed by atoms with Gasteiger partial charge in [0.25, 0.3) is 0 Å². The molecule has 0 aromatic carbocycles. The molecule has 0 radical (unpaired) electrons. The minimum atomic E-state index is -0.0379. The number of nitrogens with one attached hydrogen (secondary N) is 2. The van der Waals surface area contributed by atoms with Gasteiger partial charge in [-0.1, -0.05) is 25.2 Å². The first kappa shape index (κ1) is 13.4. The lowest BCUT2D eigenvalue weighted by molar-refractivity contribution is 0.432. The summed E-state index contributed by atoms with van der Waals surface area (Å²) in [5.41, 5.74) is 2.67. The maximum Gasteiger partial charge on any atom is 0.0659 e. The van der Waals surface area contributed by atoms with Gasteiger partial charge >= 0.3 is 0 Å². The van der Waals surface area contributed by atoms with Crippen molar-refractivity contribution in [2.45, 2.75) is 39.7 Å². The van der Waals surface area contributed by atoms with Crippen LogP contribution >= 0.6 is 12.6 Å². The number of hydrogen-bond donors (Lipinski definition) is 3. The van der Waals surface area contributed by atoms with Crippen LogP contribution in [-0.2, 0) is 0 Å². The first-order valence-corrected chi connectivity index (χ1v) is 6.18. The van der Waals surface area contributed by atoms with Crippen LogP contribution < -0.4 is 10.6 Å². The van der Waals surface area contributed by atoms with Crippen molar-refractivity contribution in [3.63, 3.8) is 0 Å². The van der Waals surface area contributed by atoms with Crippen LogP contribution in [-0.4, -0.2) is 12.2 Å². The fourth-order valence-electron chi connectivity index (χ4n) is 2.14. The highest BCUT2D eigenvalue weighted by Crippen LogP contribution is 2.26. The van der Waals surface area contributed by atoms with E-state index in [1.165, 1.54) is 11.3 Å². The second kappa shape index (κ2) is 5.60. The van der Waals surface area contributed by atoms with Crippen molar-refractivity contribution in [1.82, 2.24) is 10.6 Å². The summed E-state index contributed by atoms with van der Waals surface area (Å²) in [5.74, 6) is 0. The van der Waals surface area contributed by atoms with Crippen LogP contribution in [0.1, 0.15) is 34.1 Å². The van der Waals surface area contributed by atoms with Gasteiger partial charge in [0.05, 0.1) is 12.2 Å². The number of allylic oxidation sites excluding steroid dienone is 4. The van der Waals surface area contributed by atoms with Crippen molar-refractivity contribution in [1.29, 1.82) is 0 Å². The molecule has 0 aromatic rings. The topological polar surface area (TPSA) is 24.1 Å². The van der Waals surface area contributed by atoms with Gasteiger partial charge in [0.15, 0.2) is 0 Å². The average Bonchev–Trinajstić information content (AvgIpc) is 2.17. The first-order chi connectivity index (χ1) is 7.49. The second-order valence-corrected chi connectivity index (χ2v) is 5.06. The van der Waals surface area contributed by atoms with Gasteiger partial charge in [-0.05, 0) is 37.7 Å². The summed E-state index contributed by atoms with van der Waals surface area (Å²) in [4.78, 5) is 1.02. The van der Waals surface area contributed by atoms with Crippen LogP contribution in [0.4, 0.5) is 0 Å². The van der Waals surface area contributed by atoms with Crippen LogP contribution in [0.3, 0.4) is 0 Å². The molecule has 2 nitrogen and oxygen atoms in total. The van der Waals surface area contributed by atoms with Gasteiger partial charge < -0.3 is 5.32 Å². The van der Waals surface area contributed by atoms with Gasteiger partial charge in [0.1, 0.15) is 0 Å². The molecule has 1 heterocycles. The quantitative estimate of drug-likeness (QED) is 0.520. The summed E-state index contributed by atoms with van der Waals surface area (Å²) in [6, 6.07) is 0. The molecule has 1 unspecified atom stereocenters. The molecule has 0 fully saturated rings. The summed E-state index contributed by atoms with van der Waals surface area (Å²) in [7, 11) is 0. The standard InChI is InChI=1S/C13H22N2S/c1-5-12-11(3)14-9-15-13(12,4)8-6-7-10(2)16/h6-8,14-16H,5,9H2,1-4H3/b8-6+,10-7-. The van der Waals surface area contributed by atoms with E-state index >= 15 is 0 Å². The van der Waals surface area contributed by atoms with Gasteiger partial charge in [0, 0.05) is 5.70 Å². The van der Waals surface area contributed by atoms with Crippen LogP contribution in [0.2, 0.25) is 0 Å². The van der Waals surface area contributed by atoms with E-state index in [0.717, 1.165) is 18.0 Å². The molecule has 1 aliphatic rings. The van der Waals surface area contributed by atoms with E-state index in [4.69, 9.17) is 0 Å². The average molecular weight is 238 g/mol. The third-order valence-corrected chi connectivity index (χ3v) is 3.16. The van der Waals surface area contributed by atoms with E-state index < -0.39 is 0 Å². The molecule has 0 saturated carbocycles. The minimum Gasteiger partial charge on any atom is -0.376 e. The van der Waals surface area contributed by atoms with Gasteiger partial charge in [-0.3, -0.25) is 5.32 Å². The predicted molar refractivity (Wildman–Crippen MR) is 74.4 cm³/mol. The van der Waals surface area contributed by atoms with Gasteiger partial charge in [-0.2, -0.15) is 0 Å². The molecular weight excluding hydrogens is 216 g/mol. The molecular formula is C13H22N2S. The van der Waals surface area contributed by atoms with Gasteiger partial charge in [-0.25, -0.2) is 0 Å². The number of thiol groups is 1. The molecule has 1 atom stereocenters. The molecule has 3 heteroatoms.